The molecule has 7 heteroatoms. The molecule has 0 saturated carbocycles. The highest BCUT2D eigenvalue weighted by molar-refractivity contribution is 6.29. The molecule has 0 unspecified atom stereocenters. The third-order valence-corrected chi connectivity index (χ3v) is 1.95. The van der Waals surface area contributed by atoms with E-state index in [1.54, 1.807) is 6.92 Å². The van der Waals surface area contributed by atoms with E-state index < -0.39 is 16.7 Å². The standard InChI is InChI=1S/C9H9ClN2O4/c1-2-16-8(13)5-6-3-4-7(10)11-9(6)12(14)15/h3-4H,2,5H2,1H3. The molecule has 16 heavy (non-hydrogen) atoms. The molecule has 0 amide bonds. The van der Waals surface area contributed by atoms with Crippen LogP contribution in [0.2, 0.25) is 5.15 Å². The summed E-state index contributed by atoms with van der Waals surface area (Å²) in [4.78, 5) is 24.7. The van der Waals surface area contributed by atoms with E-state index >= 15 is 0 Å². The minimum atomic E-state index is -0.680. The second kappa shape index (κ2) is 5.41. The van der Waals surface area contributed by atoms with Gasteiger partial charge < -0.3 is 14.9 Å². The third kappa shape index (κ3) is 3.16. The zero-order valence-corrected chi connectivity index (χ0v) is 9.23. The lowest BCUT2D eigenvalue weighted by Gasteiger charge is -2.02. The lowest BCUT2D eigenvalue weighted by Crippen LogP contribution is -2.09. The molecule has 0 atom stereocenters. The summed E-state index contributed by atoms with van der Waals surface area (Å²) < 4.78 is 4.69. The molecule has 0 aromatic carbocycles. The van der Waals surface area contributed by atoms with Crippen molar-refractivity contribution < 1.29 is 14.5 Å². The van der Waals surface area contributed by atoms with Crippen LogP contribution >= 0.6 is 11.6 Å². The van der Waals surface area contributed by atoms with Crippen molar-refractivity contribution in [3.8, 4) is 0 Å². The third-order valence-electron chi connectivity index (χ3n) is 1.74. The molecule has 0 radical (unpaired) electrons. The van der Waals surface area contributed by atoms with Gasteiger partial charge in [-0.15, -0.1) is 0 Å². The van der Waals surface area contributed by atoms with E-state index in [0.29, 0.717) is 0 Å². The maximum atomic E-state index is 11.2. The summed E-state index contributed by atoms with van der Waals surface area (Å²) in [7, 11) is 0. The number of pyridine rings is 1. The number of hydrogen-bond donors (Lipinski definition) is 0. The fourth-order valence-electron chi connectivity index (χ4n) is 1.12. The SMILES string of the molecule is CCOC(=O)Cc1ccc(Cl)nc1[N+](=O)[O-]. The van der Waals surface area contributed by atoms with E-state index in [1.807, 2.05) is 0 Å². The highest BCUT2D eigenvalue weighted by Crippen LogP contribution is 2.19. The molecule has 6 nitrogen and oxygen atoms in total. The Morgan fingerprint density at radius 2 is 2.31 bits per heavy atom. The molecule has 0 aliphatic rings. The lowest BCUT2D eigenvalue weighted by atomic mass is 10.2. The predicted octanol–water partition coefficient (Wildman–Crippen LogP) is 1.75. The number of esters is 1. The van der Waals surface area contributed by atoms with Crippen LogP contribution in [0.25, 0.3) is 0 Å². The highest BCUT2D eigenvalue weighted by atomic mass is 35.5. The first-order valence-corrected chi connectivity index (χ1v) is 4.87. The number of carbonyl (C=O) groups is 1. The van der Waals surface area contributed by atoms with Crippen LogP contribution < -0.4 is 0 Å². The molecule has 1 rings (SSSR count). The van der Waals surface area contributed by atoms with Crippen LogP contribution in [-0.4, -0.2) is 22.5 Å². The van der Waals surface area contributed by atoms with Crippen LogP contribution in [0.4, 0.5) is 5.82 Å². The molecule has 1 aromatic rings. The second-order valence-corrected chi connectivity index (χ2v) is 3.24. The summed E-state index contributed by atoms with van der Waals surface area (Å²) >= 11 is 5.53. The van der Waals surface area contributed by atoms with Gasteiger partial charge in [0.05, 0.1) is 18.6 Å². The van der Waals surface area contributed by atoms with E-state index in [2.05, 4.69) is 9.72 Å². The van der Waals surface area contributed by atoms with E-state index in [9.17, 15) is 14.9 Å². The summed E-state index contributed by atoms with van der Waals surface area (Å²) in [5, 5.41) is 10.7. The first-order valence-electron chi connectivity index (χ1n) is 4.50. The Hall–Kier alpha value is -1.69. The molecule has 86 valence electrons. The predicted molar refractivity (Wildman–Crippen MR) is 56.2 cm³/mol. The smallest absolute Gasteiger partial charge is 0.368 e. The van der Waals surface area contributed by atoms with Crippen molar-refractivity contribution >= 4 is 23.4 Å². The molecule has 1 heterocycles. The van der Waals surface area contributed by atoms with Crippen molar-refractivity contribution in [3.63, 3.8) is 0 Å². The quantitative estimate of drug-likeness (QED) is 0.349. The topological polar surface area (TPSA) is 82.3 Å². The minimum absolute atomic E-state index is 0.0132. The van der Waals surface area contributed by atoms with Gasteiger partial charge in [0.25, 0.3) is 0 Å². The van der Waals surface area contributed by atoms with E-state index in [1.165, 1.54) is 12.1 Å². The monoisotopic (exact) mass is 244 g/mol. The Kier molecular flexibility index (Phi) is 4.19. The largest absolute Gasteiger partial charge is 0.466 e. The Morgan fingerprint density at radius 3 is 2.88 bits per heavy atom. The molecule has 0 N–H and O–H groups in total. The fourth-order valence-corrected chi connectivity index (χ4v) is 1.26. The highest BCUT2D eigenvalue weighted by Gasteiger charge is 2.19. The molecule has 1 aromatic heterocycles. The van der Waals surface area contributed by atoms with Gasteiger partial charge in [0.15, 0.2) is 0 Å². The Labute approximate surface area is 96.3 Å². The molecule has 0 bridgehead atoms. The second-order valence-electron chi connectivity index (χ2n) is 2.86. The van der Waals surface area contributed by atoms with Gasteiger partial charge in [-0.3, -0.25) is 4.79 Å². The van der Waals surface area contributed by atoms with Gasteiger partial charge in [0.2, 0.25) is 5.15 Å². The first-order chi connectivity index (χ1) is 7.54. The van der Waals surface area contributed by atoms with Crippen LogP contribution in [0.15, 0.2) is 12.1 Å². The maximum absolute atomic E-state index is 11.2. The summed E-state index contributed by atoms with van der Waals surface area (Å²) in [5.41, 5.74) is 0.188. The number of halogens is 1. The first kappa shape index (κ1) is 12.4. The zero-order chi connectivity index (χ0) is 12.1. The number of nitrogens with zero attached hydrogens (tertiary/aromatic N) is 2. The van der Waals surface area contributed by atoms with Gasteiger partial charge in [0.1, 0.15) is 0 Å². The number of rotatable bonds is 4. The normalized spacial score (nSPS) is 9.88. The number of ether oxygens (including phenoxy) is 1. The van der Waals surface area contributed by atoms with Gasteiger partial charge in [-0.1, -0.05) is 0 Å². The maximum Gasteiger partial charge on any atom is 0.368 e. The molecule has 0 spiro atoms. The summed E-state index contributed by atoms with van der Waals surface area (Å²) in [5.74, 6) is -0.949. The Bertz CT molecular complexity index is 422. The number of carbonyl (C=O) groups excluding carboxylic acids is 1. The van der Waals surface area contributed by atoms with Crippen LogP contribution in [0, 0.1) is 10.1 Å². The van der Waals surface area contributed by atoms with Crippen LogP contribution in [-0.2, 0) is 16.0 Å². The summed E-state index contributed by atoms with van der Waals surface area (Å²) in [6.45, 7) is 1.89. The average Bonchev–Trinajstić information content (AvgIpc) is 2.20. The van der Waals surface area contributed by atoms with Crippen molar-refractivity contribution in [2.75, 3.05) is 6.61 Å². The molecular weight excluding hydrogens is 236 g/mol. The zero-order valence-electron chi connectivity index (χ0n) is 8.47. The molecule has 0 saturated heterocycles. The van der Waals surface area contributed by atoms with Gasteiger partial charge >= 0.3 is 11.8 Å². The van der Waals surface area contributed by atoms with Crippen molar-refractivity contribution in [2.45, 2.75) is 13.3 Å². The Morgan fingerprint density at radius 1 is 1.62 bits per heavy atom. The molecule has 0 aliphatic carbocycles. The van der Waals surface area contributed by atoms with E-state index in [-0.39, 0.29) is 23.7 Å². The Balaban J connectivity index is 2.95. The summed E-state index contributed by atoms with van der Waals surface area (Å²) in [6, 6.07) is 2.79. The fraction of sp³-hybridized carbons (Fsp3) is 0.333. The van der Waals surface area contributed by atoms with E-state index in [0.717, 1.165) is 0 Å². The van der Waals surface area contributed by atoms with Gasteiger partial charge in [-0.05, 0) is 34.5 Å². The number of nitro groups is 1. The molecule has 0 fully saturated rings. The number of aromatic nitrogens is 1. The van der Waals surface area contributed by atoms with E-state index in [4.69, 9.17) is 11.6 Å². The molecular formula is C9H9ClN2O4. The van der Waals surface area contributed by atoms with Gasteiger partial charge in [0, 0.05) is 6.07 Å². The lowest BCUT2D eigenvalue weighted by molar-refractivity contribution is -0.390. The van der Waals surface area contributed by atoms with Crippen molar-refractivity contribution in [3.05, 3.63) is 33.0 Å². The van der Waals surface area contributed by atoms with Gasteiger partial charge in [-0.2, -0.15) is 0 Å². The van der Waals surface area contributed by atoms with Gasteiger partial charge in [-0.25, -0.2) is 0 Å². The van der Waals surface area contributed by atoms with Crippen molar-refractivity contribution in [1.29, 1.82) is 0 Å². The van der Waals surface area contributed by atoms with Crippen LogP contribution in [0.1, 0.15) is 12.5 Å². The number of hydrogen-bond acceptors (Lipinski definition) is 5. The average molecular weight is 245 g/mol. The minimum Gasteiger partial charge on any atom is -0.466 e. The van der Waals surface area contributed by atoms with Crippen LogP contribution in [0.5, 0.6) is 0 Å². The molecule has 0 aliphatic heterocycles. The van der Waals surface area contributed by atoms with Crippen LogP contribution in [0.3, 0.4) is 0 Å². The van der Waals surface area contributed by atoms with Crippen molar-refractivity contribution in [2.24, 2.45) is 0 Å². The summed E-state index contributed by atoms with van der Waals surface area (Å²) in [6.07, 6.45) is -0.186. The van der Waals surface area contributed by atoms with Crippen molar-refractivity contribution in [1.82, 2.24) is 4.98 Å².